The molecule has 1 rings (SSSR count). The van der Waals surface area contributed by atoms with Crippen molar-refractivity contribution in [1.82, 2.24) is 0 Å². The van der Waals surface area contributed by atoms with Gasteiger partial charge in [0.05, 0.1) is 5.56 Å². The lowest BCUT2D eigenvalue weighted by Crippen LogP contribution is -2.17. The molecule has 0 amide bonds. The third kappa shape index (κ3) is 3.92. The van der Waals surface area contributed by atoms with E-state index in [4.69, 9.17) is 15.7 Å². The molecule has 1 aromatic carbocycles. The van der Waals surface area contributed by atoms with Gasteiger partial charge in [-0.05, 0) is 31.2 Å². The number of rotatable bonds is 4. The first kappa shape index (κ1) is 14.4. The molecule has 0 heterocycles. The first-order chi connectivity index (χ1) is 8.95. The fraction of sp³-hybridized carbons (Fsp3) is 0.154. The third-order valence-electron chi connectivity index (χ3n) is 2.20. The van der Waals surface area contributed by atoms with E-state index in [-0.39, 0.29) is 16.8 Å². The smallest absolute Gasteiger partial charge is 0.338 e. The molecule has 0 aliphatic heterocycles. The number of hydrogen-bond acceptors (Lipinski definition) is 5. The summed E-state index contributed by atoms with van der Waals surface area (Å²) in [6, 6.07) is 6.30. The van der Waals surface area contributed by atoms with E-state index in [1.807, 2.05) is 0 Å². The van der Waals surface area contributed by atoms with Gasteiger partial charge in [-0.1, -0.05) is 0 Å². The monoisotopic (exact) mass is 262 g/mol. The van der Waals surface area contributed by atoms with Crippen molar-refractivity contribution in [1.29, 1.82) is 5.26 Å². The molecule has 2 N–H and O–H groups in total. The number of ketones is 1. The molecule has 0 radical (unpaired) electrons. The summed E-state index contributed by atoms with van der Waals surface area (Å²) < 4.78 is 17.4. The Morgan fingerprint density at radius 2 is 1.95 bits per heavy atom. The van der Waals surface area contributed by atoms with Gasteiger partial charge in [-0.25, -0.2) is 9.18 Å². The van der Waals surface area contributed by atoms with E-state index in [9.17, 15) is 14.0 Å². The van der Waals surface area contributed by atoms with Crippen molar-refractivity contribution in [2.75, 3.05) is 6.61 Å². The number of ether oxygens (including phenoxy) is 1. The lowest BCUT2D eigenvalue weighted by molar-refractivity contribution is -0.118. The fourth-order valence-electron chi connectivity index (χ4n) is 1.24. The van der Waals surface area contributed by atoms with Crippen LogP contribution < -0.4 is 5.73 Å². The van der Waals surface area contributed by atoms with Gasteiger partial charge in [-0.15, -0.1) is 0 Å². The van der Waals surface area contributed by atoms with Crippen LogP contribution in [0.3, 0.4) is 0 Å². The molecule has 0 aromatic heterocycles. The molecule has 0 spiro atoms. The van der Waals surface area contributed by atoms with E-state index >= 15 is 0 Å². The van der Waals surface area contributed by atoms with Crippen molar-refractivity contribution in [3.05, 3.63) is 46.9 Å². The predicted molar refractivity (Wildman–Crippen MR) is 64.2 cm³/mol. The number of esters is 1. The summed E-state index contributed by atoms with van der Waals surface area (Å²) in [5.41, 5.74) is 5.27. The number of benzene rings is 1. The van der Waals surface area contributed by atoms with Gasteiger partial charge in [0.15, 0.2) is 6.61 Å². The van der Waals surface area contributed by atoms with Crippen molar-refractivity contribution >= 4 is 11.8 Å². The predicted octanol–water partition coefficient (Wildman–Crippen LogP) is 1.31. The molecule has 0 atom stereocenters. The van der Waals surface area contributed by atoms with Gasteiger partial charge in [-0.2, -0.15) is 5.26 Å². The molecule has 1 aromatic rings. The zero-order valence-electron chi connectivity index (χ0n) is 10.1. The summed E-state index contributed by atoms with van der Waals surface area (Å²) in [6.07, 6.45) is 0. The van der Waals surface area contributed by atoms with Gasteiger partial charge >= 0.3 is 5.97 Å². The number of carbonyl (C=O) groups is 2. The van der Waals surface area contributed by atoms with Crippen molar-refractivity contribution in [3.8, 4) is 6.07 Å². The molecule has 19 heavy (non-hydrogen) atoms. The number of allylic oxidation sites excluding steroid dienone is 1. The van der Waals surface area contributed by atoms with Gasteiger partial charge in [0.25, 0.3) is 0 Å². The van der Waals surface area contributed by atoms with E-state index in [0.717, 1.165) is 12.1 Å². The Balaban J connectivity index is 2.66. The quantitative estimate of drug-likeness (QED) is 0.501. The topological polar surface area (TPSA) is 93.2 Å². The molecule has 0 bridgehead atoms. The second-order valence-corrected chi connectivity index (χ2v) is 3.68. The van der Waals surface area contributed by atoms with E-state index in [0.29, 0.717) is 0 Å². The number of halogens is 1. The van der Waals surface area contributed by atoms with Crippen molar-refractivity contribution in [2.24, 2.45) is 5.73 Å². The summed E-state index contributed by atoms with van der Waals surface area (Å²) >= 11 is 0. The summed E-state index contributed by atoms with van der Waals surface area (Å²) in [5.74, 6) is -1.95. The summed E-state index contributed by atoms with van der Waals surface area (Å²) in [5, 5.41) is 8.69. The minimum Gasteiger partial charge on any atom is -0.454 e. The van der Waals surface area contributed by atoms with Crippen LogP contribution in [0.25, 0.3) is 0 Å². The molecular formula is C13H11FN2O3. The Labute approximate surface area is 109 Å². The van der Waals surface area contributed by atoms with E-state index in [1.54, 1.807) is 6.07 Å². The minimum absolute atomic E-state index is 0.0605. The summed E-state index contributed by atoms with van der Waals surface area (Å²) in [7, 11) is 0. The maximum Gasteiger partial charge on any atom is 0.338 e. The molecule has 0 saturated heterocycles. The molecule has 0 unspecified atom stereocenters. The van der Waals surface area contributed by atoms with Gasteiger partial charge in [-0.3, -0.25) is 4.79 Å². The number of nitrogens with zero attached hydrogens (tertiary/aromatic N) is 1. The first-order valence-corrected chi connectivity index (χ1v) is 5.28. The van der Waals surface area contributed by atoms with Crippen LogP contribution in [0.4, 0.5) is 4.39 Å². The molecular weight excluding hydrogens is 251 g/mol. The van der Waals surface area contributed by atoms with Gasteiger partial charge in [0, 0.05) is 5.70 Å². The van der Waals surface area contributed by atoms with Gasteiger partial charge < -0.3 is 10.5 Å². The van der Waals surface area contributed by atoms with Crippen LogP contribution in [0.5, 0.6) is 0 Å². The second-order valence-electron chi connectivity index (χ2n) is 3.68. The molecule has 5 nitrogen and oxygen atoms in total. The number of nitriles is 1. The van der Waals surface area contributed by atoms with Crippen LogP contribution in [0, 0.1) is 17.1 Å². The van der Waals surface area contributed by atoms with E-state index in [1.165, 1.54) is 19.1 Å². The maximum atomic E-state index is 12.6. The highest BCUT2D eigenvalue weighted by atomic mass is 19.1. The van der Waals surface area contributed by atoms with Crippen LogP contribution in [0.1, 0.15) is 17.3 Å². The average molecular weight is 262 g/mol. The Morgan fingerprint density at radius 3 is 2.42 bits per heavy atom. The molecule has 6 heteroatoms. The fourth-order valence-corrected chi connectivity index (χ4v) is 1.24. The number of hydrogen-bond donors (Lipinski definition) is 1. The van der Waals surface area contributed by atoms with Crippen molar-refractivity contribution in [3.63, 3.8) is 0 Å². The molecule has 0 aliphatic rings. The highest BCUT2D eigenvalue weighted by Crippen LogP contribution is 2.06. The van der Waals surface area contributed by atoms with Crippen LogP contribution >= 0.6 is 0 Å². The average Bonchev–Trinajstić information content (AvgIpc) is 2.37. The largest absolute Gasteiger partial charge is 0.454 e. The minimum atomic E-state index is -0.777. The first-order valence-electron chi connectivity index (χ1n) is 5.28. The van der Waals surface area contributed by atoms with Crippen LogP contribution in [0.15, 0.2) is 35.5 Å². The van der Waals surface area contributed by atoms with Crippen molar-refractivity contribution in [2.45, 2.75) is 6.92 Å². The normalized spacial score (nSPS) is 11.2. The Hall–Kier alpha value is -2.68. The SMILES string of the molecule is CC(N)=C(C#N)C(=O)COC(=O)c1ccc(F)cc1. The summed E-state index contributed by atoms with van der Waals surface area (Å²) in [6.45, 7) is 0.811. The lowest BCUT2D eigenvalue weighted by Gasteiger charge is -2.04. The number of nitrogens with two attached hydrogens (primary N) is 1. The van der Waals surface area contributed by atoms with Crippen LogP contribution in [-0.4, -0.2) is 18.4 Å². The third-order valence-corrected chi connectivity index (χ3v) is 2.20. The van der Waals surface area contributed by atoms with Gasteiger partial charge in [0.1, 0.15) is 17.5 Å². The summed E-state index contributed by atoms with van der Waals surface area (Å²) in [4.78, 5) is 23.0. The zero-order chi connectivity index (χ0) is 14.4. The van der Waals surface area contributed by atoms with E-state index in [2.05, 4.69) is 0 Å². The molecule has 0 saturated carbocycles. The van der Waals surface area contributed by atoms with Crippen LogP contribution in [0.2, 0.25) is 0 Å². The van der Waals surface area contributed by atoms with E-state index < -0.39 is 24.2 Å². The molecule has 0 aliphatic carbocycles. The standard InChI is InChI=1S/C13H11FN2O3/c1-8(16)11(6-15)12(17)7-19-13(18)9-2-4-10(14)5-3-9/h2-5H,7,16H2,1H3. The number of carbonyl (C=O) groups excluding carboxylic acids is 2. The maximum absolute atomic E-state index is 12.6. The Kier molecular flexibility index (Phi) is 4.77. The molecule has 98 valence electrons. The highest BCUT2D eigenvalue weighted by Gasteiger charge is 2.15. The number of Topliss-reactive ketones (excluding diaryl/α,β-unsaturated/α-hetero) is 1. The van der Waals surface area contributed by atoms with Crippen LogP contribution in [-0.2, 0) is 9.53 Å². The lowest BCUT2D eigenvalue weighted by atomic mass is 10.1. The molecule has 0 fully saturated rings. The zero-order valence-corrected chi connectivity index (χ0v) is 10.1. The van der Waals surface area contributed by atoms with Crippen molar-refractivity contribution < 1.29 is 18.7 Å². The highest BCUT2D eigenvalue weighted by molar-refractivity contribution is 6.02. The van der Waals surface area contributed by atoms with Gasteiger partial charge in [0.2, 0.25) is 5.78 Å². The Morgan fingerprint density at radius 1 is 1.37 bits per heavy atom. The second kappa shape index (κ2) is 6.31. The Bertz CT molecular complexity index is 567.